The quantitative estimate of drug-likeness (QED) is 0.376. The molecule has 0 unspecified atom stereocenters. The summed E-state index contributed by atoms with van der Waals surface area (Å²) in [5, 5.41) is 18.6. The Morgan fingerprint density at radius 1 is 0.971 bits per heavy atom. The number of carbonyl (C=O) groups excluding carboxylic acids is 1. The third kappa shape index (κ3) is 3.90. The van der Waals surface area contributed by atoms with E-state index < -0.39 is 6.04 Å². The van der Waals surface area contributed by atoms with Crippen LogP contribution in [0.2, 0.25) is 0 Å². The first-order valence-electron chi connectivity index (χ1n) is 11.2. The number of ether oxygens (including phenoxy) is 1. The number of fused-ring (bicyclic) bond motifs is 1. The molecule has 1 aliphatic heterocycles. The van der Waals surface area contributed by atoms with Crippen molar-refractivity contribution in [2.45, 2.75) is 31.7 Å². The third-order valence-corrected chi connectivity index (χ3v) is 6.66. The number of hydrogen-bond acceptors (Lipinski definition) is 6. The number of nitro groups is 1. The average molecular weight is 456 g/mol. The van der Waals surface area contributed by atoms with Gasteiger partial charge in [0.05, 0.1) is 29.4 Å². The number of anilines is 2. The van der Waals surface area contributed by atoms with Gasteiger partial charge in [-0.05, 0) is 54.7 Å². The normalized spacial score (nSPS) is 19.3. The van der Waals surface area contributed by atoms with Gasteiger partial charge >= 0.3 is 0 Å². The number of methoxy groups -OCH3 is 1. The standard InChI is InChI=1S/C27H25N3O4/c1-16-7-8-18(14-24(16)30(32)33)27-26-23(28-21-5-3-4-6-22(21)29-27)13-19(15-25(26)31)17-9-11-20(34-2)12-10-17/h3-12,14,19,27-29H,13,15H2,1-2H3/t19-,27-/m0/s1. The fourth-order valence-electron chi connectivity index (χ4n) is 4.86. The maximum atomic E-state index is 13.6. The predicted molar refractivity (Wildman–Crippen MR) is 131 cm³/mol. The molecule has 172 valence electrons. The molecule has 34 heavy (non-hydrogen) atoms. The van der Waals surface area contributed by atoms with Crippen LogP contribution in [-0.2, 0) is 4.79 Å². The van der Waals surface area contributed by atoms with Crippen LogP contribution < -0.4 is 15.4 Å². The minimum absolute atomic E-state index is 0.0305. The number of nitro benzene ring substituents is 1. The molecule has 0 spiro atoms. The molecule has 2 atom stereocenters. The summed E-state index contributed by atoms with van der Waals surface area (Å²) in [7, 11) is 1.63. The molecule has 5 rings (SSSR count). The molecular formula is C27H25N3O4. The van der Waals surface area contributed by atoms with Crippen LogP contribution in [0.3, 0.4) is 0 Å². The zero-order chi connectivity index (χ0) is 23.8. The summed E-state index contributed by atoms with van der Waals surface area (Å²) in [6, 6.07) is 20.3. The Hall–Kier alpha value is -4.13. The minimum Gasteiger partial charge on any atom is -0.497 e. The number of nitrogens with one attached hydrogen (secondary N) is 2. The lowest BCUT2D eigenvalue weighted by molar-refractivity contribution is -0.385. The number of hydrogen-bond donors (Lipinski definition) is 2. The molecule has 0 saturated carbocycles. The summed E-state index contributed by atoms with van der Waals surface area (Å²) in [5.74, 6) is 0.837. The van der Waals surface area contributed by atoms with Gasteiger partial charge < -0.3 is 15.4 Å². The highest BCUT2D eigenvalue weighted by atomic mass is 16.6. The lowest BCUT2D eigenvalue weighted by Crippen LogP contribution is -2.27. The number of carbonyl (C=O) groups is 1. The minimum atomic E-state index is -0.491. The van der Waals surface area contributed by atoms with Crippen LogP contribution in [0.25, 0.3) is 0 Å². The zero-order valence-corrected chi connectivity index (χ0v) is 19.0. The Balaban J connectivity index is 1.60. The van der Waals surface area contributed by atoms with Gasteiger partial charge in [-0.3, -0.25) is 14.9 Å². The van der Waals surface area contributed by atoms with Crippen molar-refractivity contribution in [2.24, 2.45) is 0 Å². The Kier molecular flexibility index (Phi) is 5.53. The van der Waals surface area contributed by atoms with Crippen molar-refractivity contribution in [2.75, 3.05) is 17.7 Å². The Morgan fingerprint density at radius 3 is 2.38 bits per heavy atom. The molecule has 0 aromatic heterocycles. The van der Waals surface area contributed by atoms with E-state index in [0.29, 0.717) is 29.5 Å². The summed E-state index contributed by atoms with van der Waals surface area (Å²) in [4.78, 5) is 24.8. The lowest BCUT2D eigenvalue weighted by Gasteiger charge is -2.30. The summed E-state index contributed by atoms with van der Waals surface area (Å²) in [6.45, 7) is 1.72. The Morgan fingerprint density at radius 2 is 1.68 bits per heavy atom. The molecule has 0 radical (unpaired) electrons. The van der Waals surface area contributed by atoms with Crippen molar-refractivity contribution in [3.63, 3.8) is 0 Å². The highest BCUT2D eigenvalue weighted by Crippen LogP contribution is 2.44. The van der Waals surface area contributed by atoms with Gasteiger partial charge in [-0.1, -0.05) is 36.4 Å². The molecule has 0 bridgehead atoms. The van der Waals surface area contributed by atoms with Crippen molar-refractivity contribution in [3.05, 3.63) is 105 Å². The largest absolute Gasteiger partial charge is 0.497 e. The van der Waals surface area contributed by atoms with Crippen LogP contribution in [0.1, 0.15) is 41.5 Å². The number of allylic oxidation sites excluding steroid dienone is 1. The van der Waals surface area contributed by atoms with E-state index in [2.05, 4.69) is 10.6 Å². The summed E-state index contributed by atoms with van der Waals surface area (Å²) in [5.41, 5.74) is 5.62. The topological polar surface area (TPSA) is 93.5 Å². The van der Waals surface area contributed by atoms with Crippen LogP contribution in [-0.4, -0.2) is 17.8 Å². The van der Waals surface area contributed by atoms with E-state index in [9.17, 15) is 14.9 Å². The van der Waals surface area contributed by atoms with Crippen molar-refractivity contribution >= 4 is 22.8 Å². The van der Waals surface area contributed by atoms with Gasteiger partial charge in [0, 0.05) is 29.3 Å². The first kappa shape index (κ1) is 21.7. The molecular weight excluding hydrogens is 430 g/mol. The monoisotopic (exact) mass is 455 g/mol. The second-order valence-electron chi connectivity index (χ2n) is 8.74. The van der Waals surface area contributed by atoms with E-state index in [-0.39, 0.29) is 22.3 Å². The van der Waals surface area contributed by atoms with Crippen LogP contribution in [0, 0.1) is 17.0 Å². The van der Waals surface area contributed by atoms with Gasteiger partial charge in [-0.15, -0.1) is 0 Å². The second-order valence-corrected chi connectivity index (χ2v) is 8.74. The maximum Gasteiger partial charge on any atom is 0.272 e. The molecule has 2 N–H and O–H groups in total. The average Bonchev–Trinajstić information content (AvgIpc) is 3.01. The van der Waals surface area contributed by atoms with Gasteiger partial charge in [0.1, 0.15) is 5.75 Å². The van der Waals surface area contributed by atoms with E-state index in [1.54, 1.807) is 26.2 Å². The first-order chi connectivity index (χ1) is 16.4. The van der Waals surface area contributed by atoms with Crippen LogP contribution in [0.15, 0.2) is 78.0 Å². The molecule has 3 aromatic rings. The molecule has 0 fully saturated rings. The van der Waals surface area contributed by atoms with Crippen molar-refractivity contribution in [3.8, 4) is 5.75 Å². The summed E-state index contributed by atoms with van der Waals surface area (Å²) < 4.78 is 5.27. The van der Waals surface area contributed by atoms with E-state index >= 15 is 0 Å². The highest BCUT2D eigenvalue weighted by Gasteiger charge is 2.36. The Bertz CT molecular complexity index is 1310. The van der Waals surface area contributed by atoms with E-state index in [0.717, 1.165) is 28.4 Å². The number of ketones is 1. The van der Waals surface area contributed by atoms with E-state index in [1.165, 1.54) is 0 Å². The van der Waals surface area contributed by atoms with Gasteiger partial charge in [0.2, 0.25) is 0 Å². The fourth-order valence-corrected chi connectivity index (χ4v) is 4.86. The lowest BCUT2D eigenvalue weighted by atomic mass is 9.78. The number of para-hydroxylation sites is 2. The third-order valence-electron chi connectivity index (χ3n) is 6.66. The number of rotatable bonds is 4. The van der Waals surface area contributed by atoms with E-state index in [4.69, 9.17) is 4.74 Å². The fraction of sp³-hybridized carbons (Fsp3) is 0.222. The summed E-state index contributed by atoms with van der Waals surface area (Å²) >= 11 is 0. The SMILES string of the molecule is COc1ccc([C@@H]2CC(=O)C3=C(C2)Nc2ccccc2N[C@H]3c2ccc(C)c([N+](=O)[O-])c2)cc1. The number of aryl methyl sites for hydroxylation is 1. The van der Waals surface area contributed by atoms with Crippen molar-refractivity contribution < 1.29 is 14.5 Å². The molecule has 2 aliphatic rings. The molecule has 1 heterocycles. The van der Waals surface area contributed by atoms with E-state index in [1.807, 2.05) is 54.6 Å². The molecule has 7 heteroatoms. The van der Waals surface area contributed by atoms with Crippen molar-refractivity contribution in [1.82, 2.24) is 0 Å². The van der Waals surface area contributed by atoms with Crippen LogP contribution in [0.5, 0.6) is 5.75 Å². The van der Waals surface area contributed by atoms with Crippen LogP contribution >= 0.6 is 0 Å². The molecule has 7 nitrogen and oxygen atoms in total. The highest BCUT2D eigenvalue weighted by molar-refractivity contribution is 6.01. The molecule has 1 aliphatic carbocycles. The number of nitrogens with zero attached hydrogens (tertiary/aromatic N) is 1. The Labute approximate surface area is 197 Å². The molecule has 0 amide bonds. The van der Waals surface area contributed by atoms with Crippen LogP contribution in [0.4, 0.5) is 17.1 Å². The zero-order valence-electron chi connectivity index (χ0n) is 19.0. The van der Waals surface area contributed by atoms with Crippen molar-refractivity contribution in [1.29, 1.82) is 0 Å². The number of Topliss-reactive ketones (excluding diaryl/α,β-unsaturated/α-hetero) is 1. The smallest absolute Gasteiger partial charge is 0.272 e. The van der Waals surface area contributed by atoms with Gasteiger partial charge in [0.25, 0.3) is 5.69 Å². The van der Waals surface area contributed by atoms with Gasteiger partial charge in [-0.25, -0.2) is 0 Å². The second kappa shape index (κ2) is 8.67. The van der Waals surface area contributed by atoms with Gasteiger partial charge in [-0.2, -0.15) is 0 Å². The van der Waals surface area contributed by atoms with Gasteiger partial charge in [0.15, 0.2) is 5.78 Å². The summed E-state index contributed by atoms with van der Waals surface area (Å²) in [6.07, 6.45) is 1.03. The number of benzene rings is 3. The first-order valence-corrected chi connectivity index (χ1v) is 11.2. The maximum absolute atomic E-state index is 13.6. The molecule has 0 saturated heterocycles. The predicted octanol–water partition coefficient (Wildman–Crippen LogP) is 5.89. The molecule has 3 aromatic carbocycles.